The Morgan fingerprint density at radius 2 is 1.12 bits per heavy atom. The van der Waals surface area contributed by atoms with Gasteiger partial charge in [0.05, 0.1) is 0 Å². The Morgan fingerprint density at radius 1 is 0.651 bits per heavy atom. The molecule has 0 spiro atoms. The first kappa shape index (κ1) is 31.6. The minimum Gasteiger partial charge on any atom is -0.383 e. The highest BCUT2D eigenvalue weighted by molar-refractivity contribution is 6.29. The Morgan fingerprint density at radius 3 is 1.58 bits per heavy atom. The van der Waals surface area contributed by atoms with Gasteiger partial charge in [-0.3, -0.25) is 0 Å². The number of benzene rings is 2. The summed E-state index contributed by atoms with van der Waals surface area (Å²) in [5, 5.41) is 3.59. The molecule has 9 N–H and O–H groups in total. The summed E-state index contributed by atoms with van der Waals surface area (Å²) in [6.07, 6.45) is 4.34. The Labute approximate surface area is 254 Å². The third kappa shape index (κ3) is 9.90. The smallest absolute Gasteiger partial charge is 0.223 e. The van der Waals surface area contributed by atoms with Gasteiger partial charge in [0.25, 0.3) is 0 Å². The molecule has 0 aliphatic carbocycles. The summed E-state index contributed by atoms with van der Waals surface area (Å²) < 4.78 is 25.6. The normalized spacial score (nSPS) is 15.6. The number of nitrogen functional groups attached to an aromatic ring is 4. The lowest BCUT2D eigenvalue weighted by Gasteiger charge is -2.33. The molecule has 0 bridgehead atoms. The van der Waals surface area contributed by atoms with Crippen LogP contribution in [0.15, 0.2) is 60.7 Å². The molecule has 2 saturated heterocycles. The summed E-state index contributed by atoms with van der Waals surface area (Å²) >= 11 is 5.44. The molecule has 2 aromatic heterocycles. The van der Waals surface area contributed by atoms with E-state index in [1.54, 1.807) is 18.2 Å². The maximum absolute atomic E-state index is 13.0. The van der Waals surface area contributed by atoms with Crippen LogP contribution in [0.1, 0.15) is 48.6 Å². The molecule has 13 heteroatoms. The van der Waals surface area contributed by atoms with Gasteiger partial charge >= 0.3 is 0 Å². The predicted molar refractivity (Wildman–Crippen MR) is 169 cm³/mol. The van der Waals surface area contributed by atoms with Gasteiger partial charge in [-0.25, -0.2) is 13.8 Å². The summed E-state index contributed by atoms with van der Waals surface area (Å²) in [5.74, 6) is 2.50. The third-order valence-electron chi connectivity index (χ3n) is 7.32. The molecule has 2 fully saturated rings. The van der Waals surface area contributed by atoms with Crippen LogP contribution >= 0.6 is 11.6 Å². The van der Waals surface area contributed by atoms with Gasteiger partial charge in [-0.05, 0) is 86.0 Å². The van der Waals surface area contributed by atoms with Gasteiger partial charge in [0.1, 0.15) is 34.2 Å². The van der Waals surface area contributed by atoms with Crippen molar-refractivity contribution in [3.8, 4) is 0 Å². The lowest BCUT2D eigenvalue weighted by molar-refractivity contribution is 0.460. The van der Waals surface area contributed by atoms with Crippen LogP contribution in [-0.2, 0) is 0 Å². The van der Waals surface area contributed by atoms with Gasteiger partial charge in [-0.1, -0.05) is 35.9 Å². The quantitative estimate of drug-likeness (QED) is 0.204. The van der Waals surface area contributed by atoms with Crippen LogP contribution < -0.4 is 33.2 Å². The fraction of sp³-hybridized carbons (Fsp3) is 0.333. The van der Waals surface area contributed by atoms with Gasteiger partial charge in [-0.15, -0.1) is 0 Å². The van der Waals surface area contributed by atoms with Crippen molar-refractivity contribution in [3.05, 3.63) is 88.6 Å². The number of piperidine rings is 2. The molecule has 0 amide bonds. The first-order chi connectivity index (χ1) is 20.7. The van der Waals surface area contributed by atoms with Gasteiger partial charge in [0.15, 0.2) is 0 Å². The highest BCUT2D eigenvalue weighted by Crippen LogP contribution is 2.30. The molecule has 6 rings (SSSR count). The van der Waals surface area contributed by atoms with E-state index in [4.69, 9.17) is 34.5 Å². The fourth-order valence-electron chi connectivity index (χ4n) is 5.15. The van der Waals surface area contributed by atoms with Crippen molar-refractivity contribution in [1.82, 2.24) is 25.3 Å². The van der Waals surface area contributed by atoms with Crippen molar-refractivity contribution in [3.63, 3.8) is 0 Å². The fourth-order valence-corrected chi connectivity index (χ4v) is 5.35. The van der Waals surface area contributed by atoms with Crippen molar-refractivity contribution in [2.45, 2.75) is 37.5 Å². The summed E-state index contributed by atoms with van der Waals surface area (Å²) in [6.45, 7) is 3.92. The summed E-state index contributed by atoms with van der Waals surface area (Å²) in [7, 11) is 0. The average molecular weight is 611 g/mol. The summed E-state index contributed by atoms with van der Waals surface area (Å²) in [4.78, 5) is 17.5. The van der Waals surface area contributed by atoms with Crippen LogP contribution in [0, 0.1) is 11.6 Å². The second-order valence-corrected chi connectivity index (χ2v) is 10.8. The summed E-state index contributed by atoms with van der Waals surface area (Å²) in [5.41, 5.74) is 24.2. The average Bonchev–Trinajstić information content (AvgIpc) is 2.98. The van der Waals surface area contributed by atoms with Crippen LogP contribution in [-0.4, -0.2) is 46.1 Å². The van der Waals surface area contributed by atoms with Gasteiger partial charge < -0.3 is 33.2 Å². The zero-order chi connectivity index (χ0) is 30.8. The van der Waals surface area contributed by atoms with Gasteiger partial charge in [-0.2, -0.15) is 15.0 Å². The third-order valence-corrected chi connectivity index (χ3v) is 7.52. The van der Waals surface area contributed by atoms with Crippen LogP contribution in [0.3, 0.4) is 0 Å². The molecule has 0 unspecified atom stereocenters. The molecule has 0 saturated carbocycles. The van der Waals surface area contributed by atoms with E-state index in [9.17, 15) is 8.78 Å². The number of nitrogens with one attached hydrogen (secondary N) is 1. The lowest BCUT2D eigenvalue weighted by Crippen LogP contribution is -2.33. The molecule has 43 heavy (non-hydrogen) atoms. The largest absolute Gasteiger partial charge is 0.383 e. The van der Waals surface area contributed by atoms with Crippen LogP contribution in [0.25, 0.3) is 0 Å². The number of hydrogen-bond donors (Lipinski definition) is 5. The maximum Gasteiger partial charge on any atom is 0.223 e. The van der Waals surface area contributed by atoms with Crippen LogP contribution in [0.2, 0.25) is 5.15 Å². The van der Waals surface area contributed by atoms with Crippen LogP contribution in [0.5, 0.6) is 0 Å². The van der Waals surface area contributed by atoms with E-state index >= 15 is 0 Å². The van der Waals surface area contributed by atoms with E-state index in [-0.39, 0.29) is 34.5 Å². The van der Waals surface area contributed by atoms with Crippen molar-refractivity contribution >= 4 is 41.0 Å². The first-order valence-corrected chi connectivity index (χ1v) is 14.5. The Kier molecular flexibility index (Phi) is 11.2. The number of anilines is 5. The number of nitrogens with zero attached hydrogens (tertiary/aromatic N) is 5. The van der Waals surface area contributed by atoms with Crippen molar-refractivity contribution in [2.75, 3.05) is 54.0 Å². The zero-order valence-corrected chi connectivity index (χ0v) is 24.5. The van der Waals surface area contributed by atoms with E-state index in [1.165, 1.54) is 42.2 Å². The molecular weight excluding hydrogens is 574 g/mol. The Bertz CT molecular complexity index is 1370. The second-order valence-electron chi connectivity index (χ2n) is 10.4. The van der Waals surface area contributed by atoms with E-state index in [1.807, 2.05) is 24.3 Å². The van der Waals surface area contributed by atoms with Crippen LogP contribution in [0.4, 0.5) is 38.1 Å². The maximum atomic E-state index is 13.0. The number of hydrogen-bond acceptors (Lipinski definition) is 10. The molecule has 4 heterocycles. The van der Waals surface area contributed by atoms with Crippen molar-refractivity contribution < 1.29 is 8.78 Å². The molecule has 228 valence electrons. The first-order valence-electron chi connectivity index (χ1n) is 14.1. The van der Waals surface area contributed by atoms with E-state index in [2.05, 4.69) is 30.2 Å². The molecular formula is C30H37ClF2N10. The molecule has 10 nitrogen and oxygen atoms in total. The van der Waals surface area contributed by atoms with E-state index in [0.717, 1.165) is 44.8 Å². The van der Waals surface area contributed by atoms with Crippen molar-refractivity contribution in [1.29, 1.82) is 0 Å². The second kappa shape index (κ2) is 15.3. The molecule has 2 aromatic carbocycles. The predicted octanol–water partition coefficient (Wildman–Crippen LogP) is 4.75. The minimum absolute atomic E-state index is 0.0972. The monoisotopic (exact) mass is 610 g/mol. The zero-order valence-electron chi connectivity index (χ0n) is 23.8. The highest BCUT2D eigenvalue weighted by Gasteiger charge is 2.22. The highest BCUT2D eigenvalue weighted by atomic mass is 35.5. The number of halogens is 3. The molecule has 4 aromatic rings. The SMILES string of the molecule is Fc1ccc(C2CCNCC2)cc1.Nc1cc(Cl)nc(N)n1.Nc1cc(N2CCC(c3ccc(F)cc3)CC2)nc(N)n1. The van der Waals surface area contributed by atoms with E-state index < -0.39 is 0 Å². The van der Waals surface area contributed by atoms with Gasteiger partial charge in [0.2, 0.25) is 11.9 Å². The minimum atomic E-state index is -0.192. The number of aromatic nitrogens is 4. The van der Waals surface area contributed by atoms with Crippen molar-refractivity contribution in [2.24, 2.45) is 0 Å². The lowest BCUT2D eigenvalue weighted by atomic mass is 9.89. The molecule has 2 aliphatic rings. The Hall–Kier alpha value is -4.29. The molecule has 0 atom stereocenters. The molecule has 0 radical (unpaired) electrons. The Balaban J connectivity index is 0.000000163. The topological polar surface area (TPSA) is 171 Å². The summed E-state index contributed by atoms with van der Waals surface area (Å²) in [6, 6.07) is 16.9. The number of rotatable bonds is 3. The molecule has 2 aliphatic heterocycles. The van der Waals surface area contributed by atoms with Gasteiger partial charge in [0, 0.05) is 25.2 Å². The standard InChI is InChI=1S/C15H18FN5.C11H14FN.C4H5ClN4/c16-12-3-1-10(2-4-12)11-5-7-21(8-6-11)14-9-13(17)19-15(18)20-14;12-11-3-1-9(2-4-11)10-5-7-13-8-6-10;5-2-1-3(6)9-4(7)8-2/h1-4,9,11H,5-8H2,(H4,17,18,19,20);1-4,10,13H,5-8H2;1H,(H4,6,7,8,9). The number of nitrogens with two attached hydrogens (primary N) is 4. The van der Waals surface area contributed by atoms with E-state index in [0.29, 0.717) is 17.7 Å².